The summed E-state index contributed by atoms with van der Waals surface area (Å²) in [7, 11) is 0. The number of carbonyl (C=O) groups excluding carboxylic acids is 1. The molecule has 0 aromatic heterocycles. The molecule has 0 radical (unpaired) electrons. The standard InChI is InChI=1S/C19H17FN4O4/c20-15-6-7-17(24(26)27)18(10-15)23-9-8-22(12-16(23)11-21)19(25)28-13-14-4-2-1-3-5-14/h1-7,10,16H,8-9,12-13H2. The minimum atomic E-state index is -0.862. The number of hydrogen-bond acceptors (Lipinski definition) is 6. The van der Waals surface area contributed by atoms with Crippen molar-refractivity contribution in [2.24, 2.45) is 0 Å². The molecule has 1 heterocycles. The Morgan fingerprint density at radius 1 is 1.29 bits per heavy atom. The summed E-state index contributed by atoms with van der Waals surface area (Å²) < 4.78 is 18.9. The van der Waals surface area contributed by atoms with Crippen LogP contribution in [0.3, 0.4) is 0 Å². The molecule has 1 atom stereocenters. The Hall–Kier alpha value is -3.67. The molecule has 1 unspecified atom stereocenters. The first-order valence-corrected chi connectivity index (χ1v) is 8.55. The molecule has 1 aliphatic rings. The van der Waals surface area contributed by atoms with Gasteiger partial charge in [-0.25, -0.2) is 9.18 Å². The largest absolute Gasteiger partial charge is 0.445 e. The number of anilines is 1. The molecule has 1 amide bonds. The maximum atomic E-state index is 13.6. The second kappa shape index (κ2) is 8.35. The number of benzene rings is 2. The van der Waals surface area contributed by atoms with E-state index < -0.39 is 22.9 Å². The number of nitrogens with zero attached hydrogens (tertiary/aromatic N) is 4. The van der Waals surface area contributed by atoms with Gasteiger partial charge in [-0.15, -0.1) is 0 Å². The molecule has 3 rings (SSSR count). The predicted octanol–water partition coefficient (Wildman–Crippen LogP) is 3.08. The SMILES string of the molecule is N#CC1CN(C(=O)OCc2ccccc2)CCN1c1cc(F)ccc1[N+](=O)[O-]. The number of halogens is 1. The van der Waals surface area contributed by atoms with E-state index in [4.69, 9.17) is 4.74 Å². The van der Waals surface area contributed by atoms with E-state index in [1.54, 1.807) is 0 Å². The van der Waals surface area contributed by atoms with Gasteiger partial charge in [-0.05, 0) is 11.6 Å². The highest BCUT2D eigenvalue weighted by Crippen LogP contribution is 2.31. The molecule has 2 aromatic carbocycles. The van der Waals surface area contributed by atoms with Crippen molar-refractivity contribution >= 4 is 17.5 Å². The fraction of sp³-hybridized carbons (Fsp3) is 0.263. The van der Waals surface area contributed by atoms with Crippen LogP contribution in [0.1, 0.15) is 5.56 Å². The van der Waals surface area contributed by atoms with Gasteiger partial charge < -0.3 is 14.5 Å². The summed E-state index contributed by atoms with van der Waals surface area (Å²) in [6, 6.07) is 13.4. The third-order valence-electron chi connectivity index (χ3n) is 4.44. The number of carbonyl (C=O) groups is 1. The van der Waals surface area contributed by atoms with Gasteiger partial charge >= 0.3 is 6.09 Å². The highest BCUT2D eigenvalue weighted by molar-refractivity contribution is 5.70. The molecule has 0 spiro atoms. The number of amides is 1. The van der Waals surface area contributed by atoms with E-state index in [2.05, 4.69) is 0 Å². The first-order chi connectivity index (χ1) is 13.5. The van der Waals surface area contributed by atoms with Gasteiger partial charge in [-0.1, -0.05) is 30.3 Å². The zero-order chi connectivity index (χ0) is 20.1. The predicted molar refractivity (Wildman–Crippen MR) is 98.0 cm³/mol. The Balaban J connectivity index is 1.70. The Kier molecular flexibility index (Phi) is 5.69. The molecule has 144 valence electrons. The van der Waals surface area contributed by atoms with Crippen molar-refractivity contribution in [3.05, 3.63) is 70.0 Å². The van der Waals surface area contributed by atoms with Crippen molar-refractivity contribution in [2.45, 2.75) is 12.6 Å². The average Bonchev–Trinajstić information content (AvgIpc) is 2.72. The normalized spacial score (nSPS) is 16.4. The first kappa shape index (κ1) is 19.1. The number of rotatable bonds is 4. The molecule has 0 saturated carbocycles. The lowest BCUT2D eigenvalue weighted by atomic mass is 10.1. The maximum absolute atomic E-state index is 13.6. The molecule has 2 aromatic rings. The van der Waals surface area contributed by atoms with E-state index in [9.17, 15) is 24.6 Å². The molecule has 0 N–H and O–H groups in total. The van der Waals surface area contributed by atoms with Crippen LogP contribution in [0, 0.1) is 27.3 Å². The minimum absolute atomic E-state index is 0.00219. The summed E-state index contributed by atoms with van der Waals surface area (Å²) in [5.74, 6) is -0.637. The Labute approximate surface area is 160 Å². The lowest BCUT2D eigenvalue weighted by Gasteiger charge is -2.38. The van der Waals surface area contributed by atoms with Crippen LogP contribution >= 0.6 is 0 Å². The van der Waals surface area contributed by atoms with Gasteiger partial charge in [0, 0.05) is 25.2 Å². The molecule has 1 fully saturated rings. The number of nitro benzene ring substituents is 1. The van der Waals surface area contributed by atoms with Gasteiger partial charge in [0.25, 0.3) is 5.69 Å². The highest BCUT2D eigenvalue weighted by atomic mass is 19.1. The van der Waals surface area contributed by atoms with E-state index in [0.29, 0.717) is 0 Å². The van der Waals surface area contributed by atoms with Crippen LogP contribution in [0.5, 0.6) is 0 Å². The Morgan fingerprint density at radius 2 is 2.04 bits per heavy atom. The molecule has 28 heavy (non-hydrogen) atoms. The van der Waals surface area contributed by atoms with E-state index in [1.807, 2.05) is 36.4 Å². The lowest BCUT2D eigenvalue weighted by molar-refractivity contribution is -0.384. The summed E-state index contributed by atoms with van der Waals surface area (Å²) in [6.45, 7) is 0.437. The quantitative estimate of drug-likeness (QED) is 0.593. The summed E-state index contributed by atoms with van der Waals surface area (Å²) in [5, 5.41) is 20.7. The monoisotopic (exact) mass is 384 g/mol. The third kappa shape index (κ3) is 4.17. The maximum Gasteiger partial charge on any atom is 0.410 e. The molecule has 0 bridgehead atoms. The fourth-order valence-electron chi connectivity index (χ4n) is 3.04. The number of ether oxygens (including phenoxy) is 1. The van der Waals surface area contributed by atoms with Gasteiger partial charge in [-0.2, -0.15) is 5.26 Å². The smallest absolute Gasteiger partial charge is 0.410 e. The van der Waals surface area contributed by atoms with E-state index >= 15 is 0 Å². The molecule has 1 saturated heterocycles. The fourth-order valence-corrected chi connectivity index (χ4v) is 3.04. The average molecular weight is 384 g/mol. The molecule has 8 nitrogen and oxygen atoms in total. The van der Waals surface area contributed by atoms with Crippen molar-refractivity contribution in [2.75, 3.05) is 24.5 Å². The van der Waals surface area contributed by atoms with Gasteiger partial charge in [0.2, 0.25) is 0 Å². The van der Waals surface area contributed by atoms with Crippen LogP contribution in [-0.2, 0) is 11.3 Å². The van der Waals surface area contributed by atoms with E-state index in [-0.39, 0.29) is 37.6 Å². The Morgan fingerprint density at radius 3 is 2.71 bits per heavy atom. The van der Waals surface area contributed by atoms with Gasteiger partial charge in [0.15, 0.2) is 0 Å². The molecular formula is C19H17FN4O4. The van der Waals surface area contributed by atoms with Crippen LogP contribution in [0.15, 0.2) is 48.5 Å². The molecule has 9 heteroatoms. The number of piperazine rings is 1. The highest BCUT2D eigenvalue weighted by Gasteiger charge is 2.34. The lowest BCUT2D eigenvalue weighted by Crippen LogP contribution is -2.54. The summed E-state index contributed by atoms with van der Waals surface area (Å²) >= 11 is 0. The summed E-state index contributed by atoms with van der Waals surface area (Å²) in [6.07, 6.45) is -0.572. The van der Waals surface area contributed by atoms with Crippen molar-refractivity contribution in [1.29, 1.82) is 5.26 Å². The first-order valence-electron chi connectivity index (χ1n) is 8.55. The molecule has 1 aliphatic heterocycles. The van der Waals surface area contributed by atoms with Crippen LogP contribution in [0.2, 0.25) is 0 Å². The van der Waals surface area contributed by atoms with Crippen molar-refractivity contribution in [1.82, 2.24) is 4.90 Å². The van der Waals surface area contributed by atoms with Crippen molar-refractivity contribution < 1.29 is 18.8 Å². The zero-order valence-corrected chi connectivity index (χ0v) is 14.8. The topological polar surface area (TPSA) is 99.7 Å². The summed E-state index contributed by atoms with van der Waals surface area (Å²) in [5.41, 5.74) is 0.567. The second-order valence-electron chi connectivity index (χ2n) is 6.21. The van der Waals surface area contributed by atoms with Crippen molar-refractivity contribution in [3.63, 3.8) is 0 Å². The second-order valence-corrected chi connectivity index (χ2v) is 6.21. The minimum Gasteiger partial charge on any atom is -0.445 e. The number of nitro groups is 1. The van der Waals surface area contributed by atoms with E-state index in [0.717, 1.165) is 23.8 Å². The van der Waals surface area contributed by atoms with Crippen LogP contribution in [0.4, 0.5) is 20.6 Å². The molecule has 0 aliphatic carbocycles. The number of nitriles is 1. The van der Waals surface area contributed by atoms with Crippen molar-refractivity contribution in [3.8, 4) is 6.07 Å². The zero-order valence-electron chi connectivity index (χ0n) is 14.8. The van der Waals surface area contributed by atoms with Crippen LogP contribution in [-0.4, -0.2) is 41.6 Å². The van der Waals surface area contributed by atoms with Crippen LogP contribution < -0.4 is 4.90 Å². The van der Waals surface area contributed by atoms with E-state index in [1.165, 1.54) is 9.80 Å². The third-order valence-corrected chi connectivity index (χ3v) is 4.44. The van der Waals surface area contributed by atoms with Crippen LogP contribution in [0.25, 0.3) is 0 Å². The van der Waals surface area contributed by atoms with Gasteiger partial charge in [-0.3, -0.25) is 10.1 Å². The number of hydrogen-bond donors (Lipinski definition) is 0. The van der Waals surface area contributed by atoms with Gasteiger partial charge in [0.1, 0.15) is 24.2 Å². The Bertz CT molecular complexity index is 916. The van der Waals surface area contributed by atoms with Gasteiger partial charge in [0.05, 0.1) is 17.5 Å². The summed E-state index contributed by atoms with van der Waals surface area (Å²) in [4.78, 5) is 25.8. The molecular weight excluding hydrogens is 367 g/mol.